The first kappa shape index (κ1) is 16.9. The van der Waals surface area contributed by atoms with Gasteiger partial charge in [0.25, 0.3) is 5.69 Å². The van der Waals surface area contributed by atoms with E-state index in [4.69, 9.17) is 5.11 Å². The number of pyridine rings is 1. The molecule has 1 heterocycles. The van der Waals surface area contributed by atoms with Gasteiger partial charge in [0.05, 0.1) is 16.9 Å². The molecule has 3 aromatic rings. The standard InChI is InChI=1S/C19H18N2O4/c22-12-14-8-6-13(7-9-14)3-1-4-15-11-17(21(24)25)16-5-2-10-20-18(16)19(15)23/h2,5-11,22-23H,1,3-4,12H2. The van der Waals surface area contributed by atoms with Crippen molar-refractivity contribution in [2.75, 3.05) is 0 Å². The van der Waals surface area contributed by atoms with Crippen LogP contribution in [0.2, 0.25) is 0 Å². The maximum Gasteiger partial charge on any atom is 0.279 e. The zero-order valence-electron chi connectivity index (χ0n) is 13.6. The lowest BCUT2D eigenvalue weighted by Gasteiger charge is -2.08. The smallest absolute Gasteiger partial charge is 0.279 e. The van der Waals surface area contributed by atoms with Crippen LogP contribution >= 0.6 is 0 Å². The van der Waals surface area contributed by atoms with E-state index in [0.29, 0.717) is 17.4 Å². The lowest BCUT2D eigenvalue weighted by molar-refractivity contribution is -0.383. The van der Waals surface area contributed by atoms with Crippen LogP contribution in [0.3, 0.4) is 0 Å². The highest BCUT2D eigenvalue weighted by atomic mass is 16.6. The molecule has 1 aromatic heterocycles. The Morgan fingerprint density at radius 1 is 1.08 bits per heavy atom. The number of fused-ring (bicyclic) bond motifs is 1. The minimum absolute atomic E-state index is 0.0110. The van der Waals surface area contributed by atoms with Crippen LogP contribution in [-0.2, 0) is 19.4 Å². The number of phenolic OH excluding ortho intramolecular Hbond substituents is 1. The Hall–Kier alpha value is -2.99. The third-order valence-electron chi connectivity index (χ3n) is 4.24. The Bertz CT molecular complexity index is 907. The molecule has 0 amide bonds. The third kappa shape index (κ3) is 3.59. The largest absolute Gasteiger partial charge is 0.505 e. The molecular weight excluding hydrogens is 320 g/mol. The number of nitrogens with zero attached hydrogens (tertiary/aromatic N) is 2. The number of non-ortho nitro benzene ring substituents is 1. The zero-order chi connectivity index (χ0) is 17.8. The van der Waals surface area contributed by atoms with Crippen LogP contribution in [0.1, 0.15) is 23.1 Å². The molecule has 2 N–H and O–H groups in total. The Labute approximate surface area is 144 Å². The molecule has 6 heteroatoms. The molecule has 0 saturated heterocycles. The van der Waals surface area contributed by atoms with Crippen molar-refractivity contribution in [3.05, 3.63) is 75.5 Å². The first-order chi connectivity index (χ1) is 12.1. The summed E-state index contributed by atoms with van der Waals surface area (Å²) in [5, 5.41) is 31.1. The van der Waals surface area contributed by atoms with Gasteiger partial charge >= 0.3 is 0 Å². The molecule has 128 valence electrons. The van der Waals surface area contributed by atoms with Gasteiger partial charge in [0.15, 0.2) is 0 Å². The van der Waals surface area contributed by atoms with Crippen LogP contribution in [0.25, 0.3) is 10.9 Å². The molecule has 0 radical (unpaired) electrons. The fourth-order valence-electron chi connectivity index (χ4n) is 2.90. The number of benzene rings is 2. The maximum atomic E-state index is 11.3. The molecule has 0 saturated carbocycles. The molecule has 0 fully saturated rings. The number of aryl methyl sites for hydroxylation is 2. The monoisotopic (exact) mass is 338 g/mol. The van der Waals surface area contributed by atoms with Crippen molar-refractivity contribution in [2.45, 2.75) is 25.9 Å². The van der Waals surface area contributed by atoms with Gasteiger partial charge in [0.1, 0.15) is 11.3 Å². The predicted molar refractivity (Wildman–Crippen MR) is 94.5 cm³/mol. The van der Waals surface area contributed by atoms with Gasteiger partial charge in [-0.2, -0.15) is 0 Å². The van der Waals surface area contributed by atoms with Crippen molar-refractivity contribution in [3.8, 4) is 5.75 Å². The molecule has 2 aromatic carbocycles. The predicted octanol–water partition coefficient (Wildman–Crippen LogP) is 3.52. The number of hydrogen-bond acceptors (Lipinski definition) is 5. The van der Waals surface area contributed by atoms with Crippen LogP contribution < -0.4 is 0 Å². The van der Waals surface area contributed by atoms with Gasteiger partial charge in [0, 0.05) is 17.8 Å². The van der Waals surface area contributed by atoms with Crippen molar-refractivity contribution in [1.82, 2.24) is 4.98 Å². The molecule has 3 rings (SSSR count). The van der Waals surface area contributed by atoms with Crippen LogP contribution in [0.4, 0.5) is 5.69 Å². The van der Waals surface area contributed by atoms with Gasteiger partial charge in [-0.1, -0.05) is 24.3 Å². The number of phenols is 1. The molecule has 0 unspecified atom stereocenters. The highest BCUT2D eigenvalue weighted by Crippen LogP contribution is 2.35. The number of aromatic hydroxyl groups is 1. The third-order valence-corrected chi connectivity index (χ3v) is 4.24. The van der Waals surface area contributed by atoms with Crippen LogP contribution in [0, 0.1) is 10.1 Å². The van der Waals surface area contributed by atoms with E-state index in [1.54, 1.807) is 12.1 Å². The molecular formula is C19H18N2O4. The summed E-state index contributed by atoms with van der Waals surface area (Å²) in [6.45, 7) is 0.0158. The molecule has 0 bridgehead atoms. The second-order valence-electron chi connectivity index (χ2n) is 5.89. The fraction of sp³-hybridized carbons (Fsp3) is 0.211. The number of hydrogen-bond donors (Lipinski definition) is 2. The Kier molecular flexibility index (Phi) is 4.90. The average molecular weight is 338 g/mol. The summed E-state index contributed by atoms with van der Waals surface area (Å²) < 4.78 is 0. The first-order valence-corrected chi connectivity index (χ1v) is 8.03. The van der Waals surface area contributed by atoms with Gasteiger partial charge in [0.2, 0.25) is 0 Å². The SMILES string of the molecule is O=[N+]([O-])c1cc(CCCc2ccc(CO)cc2)c(O)c2ncccc12. The molecule has 6 nitrogen and oxygen atoms in total. The number of rotatable bonds is 6. The normalized spacial score (nSPS) is 10.9. The Balaban J connectivity index is 1.81. The van der Waals surface area contributed by atoms with E-state index in [1.165, 1.54) is 12.3 Å². The second kappa shape index (κ2) is 7.27. The Morgan fingerprint density at radius 2 is 1.80 bits per heavy atom. The van der Waals surface area contributed by atoms with E-state index in [2.05, 4.69) is 4.98 Å². The first-order valence-electron chi connectivity index (χ1n) is 8.03. The zero-order valence-corrected chi connectivity index (χ0v) is 13.6. The van der Waals surface area contributed by atoms with Gasteiger partial charge in [-0.15, -0.1) is 0 Å². The number of aromatic nitrogens is 1. The molecule has 0 atom stereocenters. The number of nitro benzene ring substituents is 1. The van der Waals surface area contributed by atoms with Gasteiger partial charge in [-0.05, 0) is 42.5 Å². The quantitative estimate of drug-likeness (QED) is 0.529. The van der Waals surface area contributed by atoms with E-state index >= 15 is 0 Å². The van der Waals surface area contributed by atoms with E-state index in [-0.39, 0.29) is 23.6 Å². The minimum Gasteiger partial charge on any atom is -0.505 e. The van der Waals surface area contributed by atoms with Crippen LogP contribution in [0.15, 0.2) is 48.7 Å². The van der Waals surface area contributed by atoms with Crippen molar-refractivity contribution in [3.63, 3.8) is 0 Å². The summed E-state index contributed by atoms with van der Waals surface area (Å²) in [4.78, 5) is 15.0. The average Bonchev–Trinajstić information content (AvgIpc) is 2.64. The van der Waals surface area contributed by atoms with E-state index in [9.17, 15) is 15.2 Å². The van der Waals surface area contributed by atoms with Crippen molar-refractivity contribution < 1.29 is 15.1 Å². The number of aliphatic hydroxyl groups is 1. The molecule has 0 spiro atoms. The molecule has 0 aliphatic carbocycles. The number of aliphatic hydroxyl groups excluding tert-OH is 1. The van der Waals surface area contributed by atoms with Crippen molar-refractivity contribution in [2.24, 2.45) is 0 Å². The Morgan fingerprint density at radius 3 is 2.48 bits per heavy atom. The lowest BCUT2D eigenvalue weighted by atomic mass is 10.00. The lowest BCUT2D eigenvalue weighted by Crippen LogP contribution is -1.97. The molecule has 0 aliphatic rings. The van der Waals surface area contributed by atoms with Crippen LogP contribution in [0.5, 0.6) is 5.75 Å². The van der Waals surface area contributed by atoms with Crippen molar-refractivity contribution in [1.29, 1.82) is 0 Å². The molecule has 25 heavy (non-hydrogen) atoms. The fourth-order valence-corrected chi connectivity index (χ4v) is 2.90. The maximum absolute atomic E-state index is 11.3. The molecule has 0 aliphatic heterocycles. The summed E-state index contributed by atoms with van der Waals surface area (Å²) in [5.41, 5.74) is 2.73. The second-order valence-corrected chi connectivity index (χ2v) is 5.89. The van der Waals surface area contributed by atoms with E-state index in [1.807, 2.05) is 24.3 Å². The highest BCUT2D eigenvalue weighted by molar-refractivity contribution is 5.93. The van der Waals surface area contributed by atoms with E-state index in [0.717, 1.165) is 24.0 Å². The van der Waals surface area contributed by atoms with Gasteiger partial charge in [-0.25, -0.2) is 0 Å². The van der Waals surface area contributed by atoms with Crippen LogP contribution in [-0.4, -0.2) is 20.1 Å². The summed E-state index contributed by atoms with van der Waals surface area (Å²) in [5.74, 6) is 0.0110. The minimum atomic E-state index is -0.444. The topological polar surface area (TPSA) is 96.5 Å². The van der Waals surface area contributed by atoms with Gasteiger partial charge < -0.3 is 10.2 Å². The summed E-state index contributed by atoms with van der Waals surface area (Å²) >= 11 is 0. The highest BCUT2D eigenvalue weighted by Gasteiger charge is 2.19. The summed E-state index contributed by atoms with van der Waals surface area (Å²) in [6, 6.07) is 12.3. The van der Waals surface area contributed by atoms with Gasteiger partial charge in [-0.3, -0.25) is 15.1 Å². The summed E-state index contributed by atoms with van der Waals surface area (Å²) in [7, 11) is 0. The van der Waals surface area contributed by atoms with Crippen molar-refractivity contribution >= 4 is 16.6 Å². The summed E-state index contributed by atoms with van der Waals surface area (Å²) in [6.07, 6.45) is 3.54. The van der Waals surface area contributed by atoms with E-state index < -0.39 is 4.92 Å². The number of nitro groups is 1.